The average Bonchev–Trinajstić information content (AvgIpc) is 2.43. The van der Waals surface area contributed by atoms with Gasteiger partial charge in [0.2, 0.25) is 0 Å². The molecule has 1 nitrogen and oxygen atoms in total. The standard InChI is InChI=1S/C7H15N/c1-6(8(2)3)7-4-5-7/h6-7H,4-5H2,1-3H3/t6-/m0/s1. The maximum atomic E-state index is 2.30. The first-order chi connectivity index (χ1) is 3.72. The lowest BCUT2D eigenvalue weighted by atomic mass is 10.2. The van der Waals surface area contributed by atoms with E-state index in [-0.39, 0.29) is 0 Å². The van der Waals surface area contributed by atoms with Gasteiger partial charge in [0.25, 0.3) is 0 Å². The Morgan fingerprint density at radius 3 is 2.00 bits per heavy atom. The molecule has 0 spiro atoms. The van der Waals surface area contributed by atoms with E-state index in [0.29, 0.717) is 0 Å². The second-order valence-electron chi connectivity index (χ2n) is 3.04. The largest absolute Gasteiger partial charge is 0.306 e. The molecule has 0 aromatic carbocycles. The van der Waals surface area contributed by atoms with Crippen LogP contribution in [0, 0.1) is 5.92 Å². The topological polar surface area (TPSA) is 3.24 Å². The SMILES string of the molecule is C[C@@H](C1CC1)N(C)C. The molecular weight excluding hydrogens is 98.1 g/mol. The second kappa shape index (κ2) is 2.06. The molecule has 0 saturated heterocycles. The van der Waals surface area contributed by atoms with Crippen molar-refractivity contribution in [3.63, 3.8) is 0 Å². The van der Waals surface area contributed by atoms with E-state index in [0.717, 1.165) is 12.0 Å². The number of rotatable bonds is 2. The van der Waals surface area contributed by atoms with Gasteiger partial charge in [0.1, 0.15) is 0 Å². The third-order valence-corrected chi connectivity index (χ3v) is 2.12. The highest BCUT2D eigenvalue weighted by Crippen LogP contribution is 2.33. The third kappa shape index (κ3) is 1.22. The lowest BCUT2D eigenvalue weighted by molar-refractivity contribution is 0.285. The van der Waals surface area contributed by atoms with Gasteiger partial charge in [-0.15, -0.1) is 0 Å². The Morgan fingerprint density at radius 1 is 1.38 bits per heavy atom. The monoisotopic (exact) mass is 113 g/mol. The van der Waals surface area contributed by atoms with Crippen LogP contribution < -0.4 is 0 Å². The van der Waals surface area contributed by atoms with Gasteiger partial charge in [-0.2, -0.15) is 0 Å². The molecule has 1 aliphatic rings. The van der Waals surface area contributed by atoms with Gasteiger partial charge in [-0.25, -0.2) is 0 Å². The summed E-state index contributed by atoms with van der Waals surface area (Å²) in [5.41, 5.74) is 0. The number of nitrogens with zero attached hydrogens (tertiary/aromatic N) is 1. The van der Waals surface area contributed by atoms with Gasteiger partial charge in [0, 0.05) is 6.04 Å². The first-order valence-electron chi connectivity index (χ1n) is 3.38. The van der Waals surface area contributed by atoms with E-state index < -0.39 is 0 Å². The molecular formula is C7H15N. The molecule has 0 unspecified atom stereocenters. The van der Waals surface area contributed by atoms with Crippen LogP contribution in [0.1, 0.15) is 19.8 Å². The molecule has 1 aliphatic carbocycles. The Balaban J connectivity index is 2.22. The summed E-state index contributed by atoms with van der Waals surface area (Å²) in [6.45, 7) is 2.30. The number of hydrogen-bond acceptors (Lipinski definition) is 1. The highest BCUT2D eigenvalue weighted by molar-refractivity contribution is 4.82. The van der Waals surface area contributed by atoms with Crippen LogP contribution >= 0.6 is 0 Å². The molecule has 0 heterocycles. The molecule has 0 aromatic rings. The van der Waals surface area contributed by atoms with Crippen LogP contribution in [0.3, 0.4) is 0 Å². The Kier molecular flexibility index (Phi) is 1.57. The number of hydrogen-bond donors (Lipinski definition) is 0. The van der Waals surface area contributed by atoms with Crippen molar-refractivity contribution in [3.05, 3.63) is 0 Å². The molecule has 1 saturated carbocycles. The summed E-state index contributed by atoms with van der Waals surface area (Å²) in [7, 11) is 4.31. The fourth-order valence-corrected chi connectivity index (χ4v) is 1.00. The lowest BCUT2D eigenvalue weighted by Gasteiger charge is -2.18. The Hall–Kier alpha value is -0.0400. The summed E-state index contributed by atoms with van der Waals surface area (Å²) in [6, 6.07) is 0.815. The van der Waals surface area contributed by atoms with Crippen molar-refractivity contribution in [1.82, 2.24) is 4.90 Å². The van der Waals surface area contributed by atoms with Crippen LogP contribution in [0.4, 0.5) is 0 Å². The van der Waals surface area contributed by atoms with E-state index in [1.54, 1.807) is 0 Å². The summed E-state index contributed by atoms with van der Waals surface area (Å²) < 4.78 is 0. The highest BCUT2D eigenvalue weighted by Gasteiger charge is 2.28. The van der Waals surface area contributed by atoms with Gasteiger partial charge in [-0.1, -0.05) is 0 Å². The van der Waals surface area contributed by atoms with Gasteiger partial charge in [-0.3, -0.25) is 0 Å². The predicted octanol–water partition coefficient (Wildman–Crippen LogP) is 1.35. The Bertz CT molecular complexity index is 72.5. The van der Waals surface area contributed by atoms with Crippen LogP contribution in [0.5, 0.6) is 0 Å². The molecule has 0 radical (unpaired) electrons. The van der Waals surface area contributed by atoms with Crippen molar-refractivity contribution >= 4 is 0 Å². The molecule has 0 bridgehead atoms. The molecule has 48 valence electrons. The van der Waals surface area contributed by atoms with Gasteiger partial charge in [-0.05, 0) is 39.8 Å². The quantitative estimate of drug-likeness (QED) is 0.522. The molecule has 0 aromatic heterocycles. The van der Waals surface area contributed by atoms with E-state index in [4.69, 9.17) is 0 Å². The normalized spacial score (nSPS) is 24.0. The van der Waals surface area contributed by atoms with Crippen molar-refractivity contribution in [1.29, 1.82) is 0 Å². The van der Waals surface area contributed by atoms with Gasteiger partial charge < -0.3 is 4.90 Å². The minimum absolute atomic E-state index is 0.815. The van der Waals surface area contributed by atoms with Gasteiger partial charge in [0.15, 0.2) is 0 Å². The fourth-order valence-electron chi connectivity index (χ4n) is 1.00. The maximum Gasteiger partial charge on any atom is 0.00891 e. The summed E-state index contributed by atoms with van der Waals surface area (Å²) in [4.78, 5) is 2.30. The Morgan fingerprint density at radius 2 is 1.88 bits per heavy atom. The van der Waals surface area contributed by atoms with Crippen LogP contribution in [0.15, 0.2) is 0 Å². The minimum atomic E-state index is 0.815. The fraction of sp³-hybridized carbons (Fsp3) is 1.00. The molecule has 1 fully saturated rings. The first-order valence-corrected chi connectivity index (χ1v) is 3.38. The van der Waals surface area contributed by atoms with Crippen molar-refractivity contribution in [2.75, 3.05) is 14.1 Å². The second-order valence-corrected chi connectivity index (χ2v) is 3.04. The van der Waals surface area contributed by atoms with Crippen molar-refractivity contribution in [2.24, 2.45) is 5.92 Å². The minimum Gasteiger partial charge on any atom is -0.306 e. The summed E-state index contributed by atoms with van der Waals surface area (Å²) in [6.07, 6.45) is 2.92. The van der Waals surface area contributed by atoms with E-state index in [9.17, 15) is 0 Å². The zero-order valence-electron chi connectivity index (χ0n) is 6.02. The summed E-state index contributed by atoms with van der Waals surface area (Å²) in [5, 5.41) is 0. The van der Waals surface area contributed by atoms with E-state index >= 15 is 0 Å². The highest BCUT2D eigenvalue weighted by atomic mass is 15.1. The smallest absolute Gasteiger partial charge is 0.00891 e. The molecule has 0 amide bonds. The van der Waals surface area contributed by atoms with Crippen molar-refractivity contribution in [2.45, 2.75) is 25.8 Å². The average molecular weight is 113 g/mol. The van der Waals surface area contributed by atoms with Gasteiger partial charge >= 0.3 is 0 Å². The van der Waals surface area contributed by atoms with Gasteiger partial charge in [0.05, 0.1) is 0 Å². The van der Waals surface area contributed by atoms with E-state index in [2.05, 4.69) is 25.9 Å². The van der Waals surface area contributed by atoms with Crippen LogP contribution in [-0.4, -0.2) is 25.0 Å². The molecule has 8 heavy (non-hydrogen) atoms. The summed E-state index contributed by atoms with van der Waals surface area (Å²) >= 11 is 0. The van der Waals surface area contributed by atoms with Crippen molar-refractivity contribution in [3.8, 4) is 0 Å². The summed E-state index contributed by atoms with van der Waals surface area (Å²) in [5.74, 6) is 1.02. The van der Waals surface area contributed by atoms with Crippen LogP contribution in [-0.2, 0) is 0 Å². The first kappa shape index (κ1) is 6.09. The molecule has 0 N–H and O–H groups in total. The van der Waals surface area contributed by atoms with Crippen LogP contribution in [0.25, 0.3) is 0 Å². The predicted molar refractivity (Wildman–Crippen MR) is 35.9 cm³/mol. The Labute approximate surface area is 51.7 Å². The van der Waals surface area contributed by atoms with Crippen molar-refractivity contribution < 1.29 is 0 Å². The zero-order chi connectivity index (χ0) is 6.15. The van der Waals surface area contributed by atoms with E-state index in [1.807, 2.05) is 0 Å². The van der Waals surface area contributed by atoms with Crippen LogP contribution in [0.2, 0.25) is 0 Å². The third-order valence-electron chi connectivity index (χ3n) is 2.12. The maximum absolute atomic E-state index is 2.30. The molecule has 1 atom stereocenters. The molecule has 0 aliphatic heterocycles. The van der Waals surface area contributed by atoms with E-state index in [1.165, 1.54) is 12.8 Å². The lowest BCUT2D eigenvalue weighted by Crippen LogP contribution is -2.26. The molecule has 1 heteroatoms. The molecule has 1 rings (SSSR count). The zero-order valence-corrected chi connectivity index (χ0v) is 6.02.